The number of hydrogen-bond acceptors (Lipinski definition) is 6. The minimum Gasteiger partial charge on any atom is -0.460 e. The number of hydrogen-bond donors (Lipinski definition) is 1. The molecule has 8 heteroatoms. The van der Waals surface area contributed by atoms with Gasteiger partial charge >= 0.3 is 6.01 Å². The predicted molar refractivity (Wildman–Crippen MR) is 117 cm³/mol. The van der Waals surface area contributed by atoms with Gasteiger partial charge in [0.15, 0.2) is 17.3 Å². The fraction of sp³-hybridized carbons (Fsp3) is 0.348. The van der Waals surface area contributed by atoms with Crippen molar-refractivity contribution in [2.24, 2.45) is 5.92 Å². The lowest BCUT2D eigenvalue weighted by molar-refractivity contribution is -0.116. The number of nitrogens with zero attached hydrogens (tertiary/aromatic N) is 3. The van der Waals surface area contributed by atoms with E-state index in [1.54, 1.807) is 4.68 Å². The van der Waals surface area contributed by atoms with E-state index in [2.05, 4.69) is 15.4 Å². The molecule has 0 radical (unpaired) electrons. The summed E-state index contributed by atoms with van der Waals surface area (Å²) in [5.74, 6) is 2.29. The number of fused-ring (bicyclic) bond motifs is 1. The Morgan fingerprint density at radius 3 is 2.55 bits per heavy atom. The molecule has 4 rings (SSSR count). The zero-order valence-corrected chi connectivity index (χ0v) is 18.1. The standard InChI is InChI=1S/C23H26N4O4/c1-14(2)11-21(28)24-17-6-8-18(9-7-17)27-22(25-23(26-27)31-15(3)4)16-5-10-19-20(12-16)30-13-29-19/h5-10,12,14-15H,11,13H2,1-4H3,(H,24,28). The summed E-state index contributed by atoms with van der Waals surface area (Å²) in [6, 6.07) is 13.4. The van der Waals surface area contributed by atoms with Crippen LogP contribution in [0.3, 0.4) is 0 Å². The van der Waals surface area contributed by atoms with E-state index >= 15 is 0 Å². The first-order valence-corrected chi connectivity index (χ1v) is 10.3. The summed E-state index contributed by atoms with van der Waals surface area (Å²) in [5, 5.41) is 7.46. The van der Waals surface area contributed by atoms with E-state index in [1.165, 1.54) is 0 Å². The van der Waals surface area contributed by atoms with E-state index in [0.29, 0.717) is 29.7 Å². The molecule has 0 saturated heterocycles. The highest BCUT2D eigenvalue weighted by Gasteiger charge is 2.20. The number of anilines is 1. The molecule has 0 saturated carbocycles. The molecule has 162 valence electrons. The van der Waals surface area contributed by atoms with Crippen LogP contribution >= 0.6 is 0 Å². The monoisotopic (exact) mass is 422 g/mol. The zero-order chi connectivity index (χ0) is 22.0. The lowest BCUT2D eigenvalue weighted by Gasteiger charge is -2.09. The highest BCUT2D eigenvalue weighted by molar-refractivity contribution is 5.90. The highest BCUT2D eigenvalue weighted by Crippen LogP contribution is 2.36. The topological polar surface area (TPSA) is 87.5 Å². The number of rotatable bonds is 7. The molecule has 0 spiro atoms. The molecule has 1 aliphatic rings. The van der Waals surface area contributed by atoms with Crippen LogP contribution in [0.5, 0.6) is 17.5 Å². The van der Waals surface area contributed by atoms with Crippen LogP contribution < -0.4 is 19.5 Å². The molecule has 0 aliphatic carbocycles. The van der Waals surface area contributed by atoms with Crippen molar-refractivity contribution in [1.29, 1.82) is 0 Å². The predicted octanol–water partition coefficient (Wildman–Crippen LogP) is 4.43. The van der Waals surface area contributed by atoms with Gasteiger partial charge in [-0.25, -0.2) is 4.68 Å². The van der Waals surface area contributed by atoms with Crippen molar-refractivity contribution in [2.75, 3.05) is 12.1 Å². The average Bonchev–Trinajstić information content (AvgIpc) is 3.33. The van der Waals surface area contributed by atoms with E-state index in [-0.39, 0.29) is 24.8 Å². The molecular weight excluding hydrogens is 396 g/mol. The fourth-order valence-electron chi connectivity index (χ4n) is 3.23. The Morgan fingerprint density at radius 2 is 1.84 bits per heavy atom. The second kappa shape index (κ2) is 8.67. The van der Waals surface area contributed by atoms with Gasteiger partial charge in [0.05, 0.1) is 11.8 Å². The average molecular weight is 422 g/mol. The molecule has 1 N–H and O–H groups in total. The van der Waals surface area contributed by atoms with E-state index in [9.17, 15) is 4.79 Å². The molecular formula is C23H26N4O4. The van der Waals surface area contributed by atoms with Gasteiger partial charge in [0.2, 0.25) is 12.7 Å². The summed E-state index contributed by atoms with van der Waals surface area (Å²) in [4.78, 5) is 16.6. The van der Waals surface area contributed by atoms with Crippen molar-refractivity contribution in [2.45, 2.75) is 40.2 Å². The molecule has 3 aromatic rings. The van der Waals surface area contributed by atoms with Gasteiger partial charge in [-0.2, -0.15) is 4.98 Å². The van der Waals surface area contributed by atoms with Crippen molar-refractivity contribution in [1.82, 2.24) is 14.8 Å². The third kappa shape index (κ3) is 4.79. The third-order valence-electron chi connectivity index (χ3n) is 4.55. The van der Waals surface area contributed by atoms with Gasteiger partial charge in [0.25, 0.3) is 0 Å². The van der Waals surface area contributed by atoms with Gasteiger partial charge in [-0.1, -0.05) is 13.8 Å². The first-order chi connectivity index (χ1) is 14.9. The summed E-state index contributed by atoms with van der Waals surface area (Å²) in [6.07, 6.45) is 0.425. The molecule has 1 aromatic heterocycles. The Balaban J connectivity index is 1.65. The maximum absolute atomic E-state index is 12.0. The van der Waals surface area contributed by atoms with Crippen LogP contribution in [0.15, 0.2) is 42.5 Å². The maximum Gasteiger partial charge on any atom is 0.336 e. The number of ether oxygens (including phenoxy) is 3. The molecule has 2 aromatic carbocycles. The molecule has 0 bridgehead atoms. The molecule has 1 amide bonds. The van der Waals surface area contributed by atoms with Gasteiger partial charge in [-0.15, -0.1) is 5.10 Å². The first-order valence-electron chi connectivity index (χ1n) is 10.3. The summed E-state index contributed by atoms with van der Waals surface area (Å²) in [7, 11) is 0. The van der Waals surface area contributed by atoms with Gasteiger partial charge in [-0.3, -0.25) is 4.79 Å². The number of benzene rings is 2. The first kappa shape index (κ1) is 20.7. The van der Waals surface area contributed by atoms with E-state index in [4.69, 9.17) is 14.2 Å². The summed E-state index contributed by atoms with van der Waals surface area (Å²) >= 11 is 0. The Bertz CT molecular complexity index is 1070. The lowest BCUT2D eigenvalue weighted by Crippen LogP contribution is -2.13. The summed E-state index contributed by atoms with van der Waals surface area (Å²) in [5.41, 5.74) is 2.35. The molecule has 0 atom stereocenters. The Kier molecular flexibility index (Phi) is 5.79. The van der Waals surface area contributed by atoms with Crippen LogP contribution in [-0.4, -0.2) is 33.6 Å². The lowest BCUT2D eigenvalue weighted by atomic mass is 10.1. The SMILES string of the molecule is CC(C)CC(=O)Nc1ccc(-n2nc(OC(C)C)nc2-c2ccc3c(c2)OCO3)cc1. The van der Waals surface area contributed by atoms with E-state index in [1.807, 2.05) is 70.2 Å². The van der Waals surface area contributed by atoms with Crippen LogP contribution in [0.25, 0.3) is 17.1 Å². The second-order valence-corrected chi connectivity index (χ2v) is 8.06. The van der Waals surface area contributed by atoms with Crippen LogP contribution in [0.4, 0.5) is 5.69 Å². The molecule has 0 fully saturated rings. The minimum atomic E-state index is -0.0565. The zero-order valence-electron chi connectivity index (χ0n) is 18.1. The number of nitrogens with one attached hydrogen (secondary N) is 1. The van der Waals surface area contributed by atoms with Crippen molar-refractivity contribution in [3.8, 4) is 34.6 Å². The molecule has 31 heavy (non-hydrogen) atoms. The van der Waals surface area contributed by atoms with Gasteiger partial charge in [0.1, 0.15) is 0 Å². The smallest absolute Gasteiger partial charge is 0.336 e. The number of aromatic nitrogens is 3. The quantitative estimate of drug-likeness (QED) is 0.606. The molecule has 8 nitrogen and oxygen atoms in total. The number of carbonyl (C=O) groups excluding carboxylic acids is 1. The number of carbonyl (C=O) groups is 1. The van der Waals surface area contributed by atoms with Crippen LogP contribution in [0.2, 0.25) is 0 Å². The van der Waals surface area contributed by atoms with Crippen molar-refractivity contribution in [3.63, 3.8) is 0 Å². The molecule has 1 aliphatic heterocycles. The normalized spacial score (nSPS) is 12.5. The Labute approximate surface area is 181 Å². The van der Waals surface area contributed by atoms with Gasteiger partial charge in [0, 0.05) is 17.7 Å². The van der Waals surface area contributed by atoms with Crippen LogP contribution in [0, 0.1) is 5.92 Å². The number of amides is 1. The molecule has 2 heterocycles. The Morgan fingerprint density at radius 1 is 1.10 bits per heavy atom. The van der Waals surface area contributed by atoms with Crippen LogP contribution in [0.1, 0.15) is 34.1 Å². The maximum atomic E-state index is 12.0. The summed E-state index contributed by atoms with van der Waals surface area (Å²) in [6.45, 7) is 8.09. The van der Waals surface area contributed by atoms with Crippen molar-refractivity contribution in [3.05, 3.63) is 42.5 Å². The minimum absolute atomic E-state index is 0.00262. The second-order valence-electron chi connectivity index (χ2n) is 8.06. The van der Waals surface area contributed by atoms with E-state index < -0.39 is 0 Å². The molecule has 0 unspecified atom stereocenters. The van der Waals surface area contributed by atoms with Crippen molar-refractivity contribution >= 4 is 11.6 Å². The van der Waals surface area contributed by atoms with E-state index in [0.717, 1.165) is 16.9 Å². The highest BCUT2D eigenvalue weighted by atomic mass is 16.7. The Hall–Kier alpha value is -3.55. The third-order valence-corrected chi connectivity index (χ3v) is 4.55. The van der Waals surface area contributed by atoms with Gasteiger partial charge in [-0.05, 0) is 62.2 Å². The van der Waals surface area contributed by atoms with Gasteiger partial charge < -0.3 is 19.5 Å². The summed E-state index contributed by atoms with van der Waals surface area (Å²) < 4.78 is 18.4. The fourth-order valence-corrected chi connectivity index (χ4v) is 3.23. The van der Waals surface area contributed by atoms with Crippen LogP contribution in [-0.2, 0) is 4.79 Å². The largest absolute Gasteiger partial charge is 0.460 e. The van der Waals surface area contributed by atoms with Crippen molar-refractivity contribution < 1.29 is 19.0 Å².